The first-order valence-corrected chi connectivity index (χ1v) is 7.02. The largest absolute Gasteiger partial charge is 0.383 e. The van der Waals surface area contributed by atoms with Crippen LogP contribution in [0.4, 0.5) is 0 Å². The van der Waals surface area contributed by atoms with Crippen molar-refractivity contribution in [1.29, 1.82) is 0 Å². The molecule has 0 bridgehead atoms. The van der Waals surface area contributed by atoms with Crippen LogP contribution in [0.2, 0.25) is 0 Å². The molecule has 1 aliphatic carbocycles. The van der Waals surface area contributed by atoms with E-state index in [-0.39, 0.29) is 24.4 Å². The Hall–Kier alpha value is -1.14. The molecule has 0 aromatic rings. The number of likely N-dealkylation sites (tertiary alicyclic amines) is 1. The third kappa shape index (κ3) is 4.18. The lowest BCUT2D eigenvalue weighted by atomic mass is 10.2. The van der Waals surface area contributed by atoms with E-state index >= 15 is 0 Å². The van der Waals surface area contributed by atoms with Crippen LogP contribution in [0.3, 0.4) is 0 Å². The molecule has 1 saturated heterocycles. The number of ether oxygens (including phenoxy) is 1. The van der Waals surface area contributed by atoms with Crippen molar-refractivity contribution in [1.82, 2.24) is 15.5 Å². The molecule has 6 heteroatoms. The second-order valence-electron chi connectivity index (χ2n) is 5.20. The van der Waals surface area contributed by atoms with E-state index in [1.165, 1.54) is 0 Å². The summed E-state index contributed by atoms with van der Waals surface area (Å²) < 4.78 is 4.91. The highest BCUT2D eigenvalue weighted by atomic mass is 16.5. The van der Waals surface area contributed by atoms with Crippen molar-refractivity contribution in [3.05, 3.63) is 0 Å². The van der Waals surface area contributed by atoms with E-state index in [9.17, 15) is 9.59 Å². The predicted molar refractivity (Wildman–Crippen MR) is 70.6 cm³/mol. The topological polar surface area (TPSA) is 70.7 Å². The van der Waals surface area contributed by atoms with Gasteiger partial charge in [0.25, 0.3) is 0 Å². The van der Waals surface area contributed by atoms with Crippen LogP contribution in [-0.4, -0.2) is 62.1 Å². The Morgan fingerprint density at radius 1 is 1.32 bits per heavy atom. The summed E-state index contributed by atoms with van der Waals surface area (Å²) in [6.45, 7) is 2.19. The number of nitrogens with zero attached hydrogens (tertiary/aromatic N) is 1. The Kier molecular flexibility index (Phi) is 5.15. The molecule has 6 nitrogen and oxygen atoms in total. The first kappa shape index (κ1) is 14.3. The second kappa shape index (κ2) is 6.86. The molecule has 2 rings (SSSR count). The SMILES string of the molecule is COCCNCC(=O)N1CCCC1C(=O)NC1CC1. The number of hydrogen-bond acceptors (Lipinski definition) is 4. The Bertz CT molecular complexity index is 331. The number of carbonyl (C=O) groups is 2. The summed E-state index contributed by atoms with van der Waals surface area (Å²) in [6, 6.07) is 0.0854. The van der Waals surface area contributed by atoms with E-state index in [0.717, 1.165) is 25.7 Å². The molecule has 1 unspecified atom stereocenters. The van der Waals surface area contributed by atoms with Crippen LogP contribution in [0.15, 0.2) is 0 Å². The van der Waals surface area contributed by atoms with Gasteiger partial charge in [0.15, 0.2) is 0 Å². The van der Waals surface area contributed by atoms with Gasteiger partial charge in [0.2, 0.25) is 11.8 Å². The Labute approximate surface area is 113 Å². The molecular weight excluding hydrogens is 246 g/mol. The highest BCUT2D eigenvalue weighted by Crippen LogP contribution is 2.22. The van der Waals surface area contributed by atoms with Gasteiger partial charge >= 0.3 is 0 Å². The van der Waals surface area contributed by atoms with Gasteiger partial charge in [-0.3, -0.25) is 9.59 Å². The van der Waals surface area contributed by atoms with Gasteiger partial charge in [-0.25, -0.2) is 0 Å². The van der Waals surface area contributed by atoms with Gasteiger partial charge in [0.1, 0.15) is 6.04 Å². The molecule has 1 heterocycles. The zero-order valence-electron chi connectivity index (χ0n) is 11.5. The van der Waals surface area contributed by atoms with Gasteiger partial charge in [-0.05, 0) is 25.7 Å². The fourth-order valence-electron chi connectivity index (χ4n) is 2.33. The maximum absolute atomic E-state index is 12.1. The van der Waals surface area contributed by atoms with E-state index in [1.54, 1.807) is 12.0 Å². The minimum Gasteiger partial charge on any atom is -0.383 e. The molecule has 2 N–H and O–H groups in total. The Balaban J connectivity index is 1.76. The van der Waals surface area contributed by atoms with Gasteiger partial charge in [-0.1, -0.05) is 0 Å². The molecule has 0 aromatic carbocycles. The lowest BCUT2D eigenvalue weighted by Crippen LogP contribution is -2.49. The van der Waals surface area contributed by atoms with Crippen LogP contribution in [-0.2, 0) is 14.3 Å². The summed E-state index contributed by atoms with van der Waals surface area (Å²) in [5.74, 6) is 0.0230. The van der Waals surface area contributed by atoms with Crippen LogP contribution < -0.4 is 10.6 Å². The number of nitrogens with one attached hydrogen (secondary N) is 2. The van der Waals surface area contributed by atoms with Crippen molar-refractivity contribution in [2.75, 3.05) is 33.4 Å². The quantitative estimate of drug-likeness (QED) is 0.611. The highest BCUT2D eigenvalue weighted by Gasteiger charge is 2.36. The van der Waals surface area contributed by atoms with Crippen LogP contribution in [0.5, 0.6) is 0 Å². The first-order chi connectivity index (χ1) is 9.22. The molecule has 2 fully saturated rings. The number of carbonyl (C=O) groups excluding carboxylic acids is 2. The molecular formula is C13H23N3O3. The highest BCUT2D eigenvalue weighted by molar-refractivity contribution is 5.89. The van der Waals surface area contributed by atoms with Crippen molar-refractivity contribution in [3.63, 3.8) is 0 Å². The fourth-order valence-corrected chi connectivity index (χ4v) is 2.33. The lowest BCUT2D eigenvalue weighted by molar-refractivity contribution is -0.137. The Morgan fingerprint density at radius 2 is 2.11 bits per heavy atom. The van der Waals surface area contributed by atoms with Crippen LogP contribution in [0, 0.1) is 0 Å². The zero-order chi connectivity index (χ0) is 13.7. The van der Waals surface area contributed by atoms with Gasteiger partial charge in [0.05, 0.1) is 13.2 Å². The molecule has 0 aromatic heterocycles. The Morgan fingerprint density at radius 3 is 2.79 bits per heavy atom. The number of amides is 2. The molecule has 0 radical (unpaired) electrons. The molecule has 108 valence electrons. The number of hydrogen-bond donors (Lipinski definition) is 2. The van der Waals surface area contributed by atoms with Crippen molar-refractivity contribution in [2.45, 2.75) is 37.8 Å². The summed E-state index contributed by atoms with van der Waals surface area (Å²) in [7, 11) is 1.63. The standard InChI is InChI=1S/C13H23N3O3/c1-19-8-6-14-9-12(17)16-7-2-3-11(16)13(18)15-10-4-5-10/h10-11,14H,2-9H2,1H3,(H,15,18). The van der Waals surface area contributed by atoms with E-state index < -0.39 is 0 Å². The van der Waals surface area contributed by atoms with Crippen molar-refractivity contribution in [3.8, 4) is 0 Å². The maximum atomic E-state index is 12.1. The molecule has 1 aliphatic heterocycles. The summed E-state index contributed by atoms with van der Waals surface area (Å²) >= 11 is 0. The van der Waals surface area contributed by atoms with Gasteiger partial charge in [0, 0.05) is 26.2 Å². The smallest absolute Gasteiger partial charge is 0.243 e. The summed E-state index contributed by atoms with van der Waals surface area (Å²) in [4.78, 5) is 25.8. The first-order valence-electron chi connectivity index (χ1n) is 7.02. The minimum absolute atomic E-state index is 0.00421. The molecule has 2 aliphatic rings. The van der Waals surface area contributed by atoms with Gasteiger partial charge in [-0.2, -0.15) is 0 Å². The zero-order valence-corrected chi connectivity index (χ0v) is 11.5. The number of methoxy groups -OCH3 is 1. The van der Waals surface area contributed by atoms with E-state index in [2.05, 4.69) is 10.6 Å². The fraction of sp³-hybridized carbons (Fsp3) is 0.846. The van der Waals surface area contributed by atoms with E-state index in [0.29, 0.717) is 25.7 Å². The molecule has 0 spiro atoms. The van der Waals surface area contributed by atoms with Crippen LogP contribution >= 0.6 is 0 Å². The molecule has 1 saturated carbocycles. The molecule has 19 heavy (non-hydrogen) atoms. The maximum Gasteiger partial charge on any atom is 0.243 e. The molecule has 2 amide bonds. The monoisotopic (exact) mass is 269 g/mol. The van der Waals surface area contributed by atoms with Gasteiger partial charge in [-0.15, -0.1) is 0 Å². The summed E-state index contributed by atoms with van der Waals surface area (Å²) in [5, 5.41) is 6.01. The predicted octanol–water partition coefficient (Wildman–Crippen LogP) is -0.508. The van der Waals surface area contributed by atoms with E-state index in [4.69, 9.17) is 4.74 Å². The summed E-state index contributed by atoms with van der Waals surface area (Å²) in [6.07, 6.45) is 3.84. The number of rotatable bonds is 7. The third-order valence-electron chi connectivity index (χ3n) is 3.56. The lowest BCUT2D eigenvalue weighted by Gasteiger charge is -2.24. The third-order valence-corrected chi connectivity index (χ3v) is 3.56. The summed E-state index contributed by atoms with van der Waals surface area (Å²) in [5.41, 5.74) is 0. The normalized spacial score (nSPS) is 22.6. The van der Waals surface area contributed by atoms with Crippen molar-refractivity contribution < 1.29 is 14.3 Å². The molecule has 1 atom stereocenters. The van der Waals surface area contributed by atoms with E-state index in [1.807, 2.05) is 0 Å². The average molecular weight is 269 g/mol. The van der Waals surface area contributed by atoms with Crippen LogP contribution in [0.25, 0.3) is 0 Å². The average Bonchev–Trinajstić information content (AvgIpc) is 3.07. The van der Waals surface area contributed by atoms with Crippen LogP contribution in [0.1, 0.15) is 25.7 Å². The van der Waals surface area contributed by atoms with Gasteiger partial charge < -0.3 is 20.3 Å². The van der Waals surface area contributed by atoms with Crippen molar-refractivity contribution in [2.24, 2.45) is 0 Å². The second-order valence-corrected chi connectivity index (χ2v) is 5.20. The van der Waals surface area contributed by atoms with Crippen molar-refractivity contribution >= 4 is 11.8 Å². The minimum atomic E-state index is -0.266.